The summed E-state index contributed by atoms with van der Waals surface area (Å²) in [6.45, 7) is 17.7. The van der Waals surface area contributed by atoms with Gasteiger partial charge in [-0.25, -0.2) is 4.79 Å². The fourth-order valence-electron chi connectivity index (χ4n) is 6.46. The van der Waals surface area contributed by atoms with Gasteiger partial charge in [-0.15, -0.1) is 0 Å². The van der Waals surface area contributed by atoms with E-state index in [9.17, 15) is 14.7 Å². The number of ether oxygens (including phenoxy) is 1. The maximum absolute atomic E-state index is 13.2. The number of aliphatic hydroxyl groups excluding tert-OH is 1. The predicted octanol–water partition coefficient (Wildman–Crippen LogP) is 5.10. The molecule has 0 saturated carbocycles. The van der Waals surface area contributed by atoms with E-state index in [1.165, 1.54) is 4.90 Å². The Labute approximate surface area is 235 Å². The number of hydrogen-bond donors (Lipinski definition) is 2. The molecule has 0 unspecified atom stereocenters. The second kappa shape index (κ2) is 11.7. The van der Waals surface area contributed by atoms with E-state index in [0.717, 1.165) is 0 Å². The molecule has 3 aliphatic heterocycles. The lowest BCUT2D eigenvalue weighted by Crippen LogP contribution is -2.65. The van der Waals surface area contributed by atoms with Crippen molar-refractivity contribution in [3.8, 4) is 0 Å². The van der Waals surface area contributed by atoms with Crippen molar-refractivity contribution >= 4 is 29.1 Å². The molecular formula is C28H46N2O7Si2. The van der Waals surface area contributed by atoms with Gasteiger partial charge in [-0.2, -0.15) is 0 Å². The summed E-state index contributed by atoms with van der Waals surface area (Å²) in [6.07, 6.45) is -2.07. The Balaban J connectivity index is 1.68. The van der Waals surface area contributed by atoms with Gasteiger partial charge in [0.05, 0.1) is 25.2 Å². The summed E-state index contributed by atoms with van der Waals surface area (Å²) in [5.74, 6) is -0.413. The number of benzene rings is 1. The summed E-state index contributed by atoms with van der Waals surface area (Å²) in [5.41, 5.74) is 1.41. The second-order valence-corrected chi connectivity index (χ2v) is 21.2. The van der Waals surface area contributed by atoms with Gasteiger partial charge in [-0.1, -0.05) is 85.7 Å². The first-order valence-corrected chi connectivity index (χ1v) is 18.3. The summed E-state index contributed by atoms with van der Waals surface area (Å²) in [7, 11) is -5.55. The van der Waals surface area contributed by atoms with Crippen molar-refractivity contribution in [2.45, 2.75) is 121 Å². The molecule has 3 heterocycles. The number of amides is 3. The summed E-state index contributed by atoms with van der Waals surface area (Å²) in [6, 6.07) is 7.78. The van der Waals surface area contributed by atoms with Crippen molar-refractivity contribution < 1.29 is 32.4 Å². The fraction of sp³-hybridized carbons (Fsp3) is 0.714. The van der Waals surface area contributed by atoms with E-state index < -0.39 is 53.5 Å². The number of aliphatic hydroxyl groups is 1. The minimum Gasteiger partial charge on any atom is -0.414 e. The lowest BCUT2D eigenvalue weighted by atomic mass is 9.96. The van der Waals surface area contributed by atoms with E-state index in [-0.39, 0.29) is 34.7 Å². The molecule has 5 atom stereocenters. The molecular weight excluding hydrogens is 532 g/mol. The Morgan fingerprint density at radius 2 is 1.49 bits per heavy atom. The van der Waals surface area contributed by atoms with Crippen LogP contribution in [-0.4, -0.2) is 70.2 Å². The van der Waals surface area contributed by atoms with Gasteiger partial charge >= 0.3 is 23.2 Å². The highest BCUT2D eigenvalue weighted by atomic mass is 28.5. The van der Waals surface area contributed by atoms with Crippen LogP contribution in [0.25, 0.3) is 0 Å². The largest absolute Gasteiger partial charge is 0.414 e. The number of urea groups is 1. The molecule has 4 rings (SSSR count). The van der Waals surface area contributed by atoms with Gasteiger partial charge in [0.2, 0.25) is 5.91 Å². The van der Waals surface area contributed by atoms with E-state index in [2.05, 4.69) is 60.7 Å². The average molecular weight is 579 g/mol. The fourth-order valence-corrected chi connectivity index (χ4v) is 17.7. The Hall–Kier alpha value is -1.61. The van der Waals surface area contributed by atoms with Crippen molar-refractivity contribution in [2.75, 3.05) is 6.61 Å². The second-order valence-electron chi connectivity index (χ2n) is 12.4. The molecule has 3 fully saturated rings. The lowest BCUT2D eigenvalue weighted by molar-refractivity contribution is -0.131. The summed E-state index contributed by atoms with van der Waals surface area (Å²) in [4.78, 5) is 27.1. The zero-order chi connectivity index (χ0) is 28.7. The van der Waals surface area contributed by atoms with Crippen molar-refractivity contribution in [2.24, 2.45) is 0 Å². The number of nitrogens with one attached hydrogen (secondary N) is 1. The van der Waals surface area contributed by atoms with Crippen molar-refractivity contribution in [1.29, 1.82) is 0 Å². The Kier molecular flexibility index (Phi) is 9.12. The number of hydrogen-bond acceptors (Lipinski definition) is 7. The zero-order valence-corrected chi connectivity index (χ0v) is 26.5. The van der Waals surface area contributed by atoms with Crippen molar-refractivity contribution in [3.63, 3.8) is 0 Å². The van der Waals surface area contributed by atoms with Crippen LogP contribution in [0, 0.1) is 0 Å². The smallest absolute Gasteiger partial charge is 0.335 e. The van der Waals surface area contributed by atoms with Gasteiger partial charge in [0.15, 0.2) is 0 Å². The van der Waals surface area contributed by atoms with Crippen LogP contribution in [-0.2, 0) is 22.5 Å². The van der Waals surface area contributed by atoms with Crippen LogP contribution < -0.4 is 5.32 Å². The molecule has 9 nitrogen and oxygen atoms in total. The Bertz CT molecular complexity index is 1010. The van der Waals surface area contributed by atoms with Gasteiger partial charge < -0.3 is 22.8 Å². The standard InChI is InChI=1S/C28H46N2O7Si2/c1-17(2)38(18(3)4)34-16-24-23(36-39(37-38,19(5)6)20(7)8)15-26(35-24)30-22(14-25(31)29-28(30)33)27(32)21-12-10-9-11-13-21/h9-13,17-20,22-24,26-27,32H,14-16H2,1-8H3,(H,29,31,33)/t22-,23-,24+,26+,27-/m1/s1. The van der Waals surface area contributed by atoms with Crippen LogP contribution >= 0.6 is 0 Å². The summed E-state index contributed by atoms with van der Waals surface area (Å²) < 4.78 is 27.7. The third kappa shape index (κ3) is 5.64. The van der Waals surface area contributed by atoms with Gasteiger partial charge in [-0.05, 0) is 27.7 Å². The first-order chi connectivity index (χ1) is 18.3. The number of nitrogens with zero attached hydrogens (tertiary/aromatic N) is 1. The first-order valence-electron chi connectivity index (χ1n) is 14.3. The van der Waals surface area contributed by atoms with Crippen LogP contribution in [0.15, 0.2) is 30.3 Å². The van der Waals surface area contributed by atoms with Crippen molar-refractivity contribution in [3.05, 3.63) is 35.9 Å². The first kappa shape index (κ1) is 30.4. The van der Waals surface area contributed by atoms with Crippen LogP contribution in [0.5, 0.6) is 0 Å². The average Bonchev–Trinajstić information content (AvgIpc) is 3.24. The van der Waals surface area contributed by atoms with Gasteiger partial charge in [0, 0.05) is 6.42 Å². The molecule has 0 aliphatic carbocycles. The number of fused-ring (bicyclic) bond motifs is 1. The highest BCUT2D eigenvalue weighted by Crippen LogP contribution is 2.48. The maximum atomic E-state index is 13.2. The molecule has 0 radical (unpaired) electrons. The van der Waals surface area contributed by atoms with Gasteiger partial charge in [0.25, 0.3) is 0 Å². The molecule has 3 aliphatic rings. The minimum atomic E-state index is -2.83. The number of carbonyl (C=O) groups excluding carboxylic acids is 2. The summed E-state index contributed by atoms with van der Waals surface area (Å²) >= 11 is 0. The molecule has 39 heavy (non-hydrogen) atoms. The molecule has 218 valence electrons. The topological polar surface area (TPSA) is 107 Å². The molecule has 1 aromatic carbocycles. The zero-order valence-electron chi connectivity index (χ0n) is 24.5. The number of carbonyl (C=O) groups is 2. The lowest BCUT2D eigenvalue weighted by Gasteiger charge is -2.51. The number of rotatable bonds is 7. The Morgan fingerprint density at radius 1 is 0.897 bits per heavy atom. The SMILES string of the molecule is CC(C)[Si]1(C(C)C)OC[C@@H]2O[C@H](N3C(=O)NC(=O)C[C@@H]3[C@H](O)c3ccccc3)C[C@H]2O[Si](C(C)C)(C(C)C)O1. The van der Waals surface area contributed by atoms with E-state index in [1.807, 2.05) is 18.2 Å². The van der Waals surface area contributed by atoms with Crippen molar-refractivity contribution in [1.82, 2.24) is 10.2 Å². The van der Waals surface area contributed by atoms with E-state index in [1.54, 1.807) is 12.1 Å². The molecule has 0 aromatic heterocycles. The predicted molar refractivity (Wildman–Crippen MR) is 152 cm³/mol. The minimum absolute atomic E-state index is 0.0230. The van der Waals surface area contributed by atoms with Crippen LogP contribution in [0.3, 0.4) is 0 Å². The van der Waals surface area contributed by atoms with Crippen LogP contribution in [0.1, 0.15) is 79.9 Å². The summed E-state index contributed by atoms with van der Waals surface area (Å²) in [5, 5.41) is 13.7. The van der Waals surface area contributed by atoms with Gasteiger partial charge in [0.1, 0.15) is 18.4 Å². The third-order valence-corrected chi connectivity index (χ3v) is 18.9. The van der Waals surface area contributed by atoms with E-state index in [4.69, 9.17) is 17.7 Å². The maximum Gasteiger partial charge on any atom is 0.335 e. The molecule has 1 aromatic rings. The third-order valence-electron chi connectivity index (χ3n) is 8.58. The Morgan fingerprint density at radius 3 is 2.05 bits per heavy atom. The van der Waals surface area contributed by atoms with Crippen LogP contribution in [0.4, 0.5) is 4.79 Å². The van der Waals surface area contributed by atoms with E-state index in [0.29, 0.717) is 18.6 Å². The van der Waals surface area contributed by atoms with Gasteiger partial charge in [-0.3, -0.25) is 15.0 Å². The molecule has 3 amide bonds. The molecule has 0 spiro atoms. The van der Waals surface area contributed by atoms with Crippen LogP contribution in [0.2, 0.25) is 22.2 Å². The molecule has 3 saturated heterocycles. The quantitative estimate of drug-likeness (QED) is 0.434. The normalized spacial score (nSPS) is 29.9. The highest BCUT2D eigenvalue weighted by Gasteiger charge is 2.60. The number of imide groups is 1. The highest BCUT2D eigenvalue weighted by molar-refractivity contribution is 6.83. The molecule has 0 bridgehead atoms. The van der Waals surface area contributed by atoms with E-state index >= 15 is 0 Å². The molecule has 11 heteroatoms. The monoisotopic (exact) mass is 578 g/mol. The molecule has 2 N–H and O–H groups in total.